The molecule has 2 aromatic rings. The standard InChI is InChI=1S/C16H16N2O3/c1-18(16(19)17-12-5-3-2-4-6-12)13-7-8-14-15(11-13)21-10-9-20-14/h2-8,11H,9-10H2,1H3,(H,17,19). The maximum atomic E-state index is 12.2. The van der Waals surface area contributed by atoms with Crippen molar-refractivity contribution in [2.24, 2.45) is 0 Å². The average Bonchev–Trinajstić information content (AvgIpc) is 2.54. The molecule has 0 saturated carbocycles. The summed E-state index contributed by atoms with van der Waals surface area (Å²) in [5, 5.41) is 2.84. The molecular formula is C16H16N2O3. The number of carbonyl (C=O) groups is 1. The molecule has 21 heavy (non-hydrogen) atoms. The number of carbonyl (C=O) groups excluding carboxylic acids is 1. The minimum Gasteiger partial charge on any atom is -0.486 e. The van der Waals surface area contributed by atoms with Gasteiger partial charge in [0.25, 0.3) is 0 Å². The van der Waals surface area contributed by atoms with Crippen LogP contribution in [0.2, 0.25) is 0 Å². The number of amides is 2. The first-order valence-corrected chi connectivity index (χ1v) is 6.73. The van der Waals surface area contributed by atoms with Gasteiger partial charge in [0, 0.05) is 24.5 Å². The molecule has 0 radical (unpaired) electrons. The summed E-state index contributed by atoms with van der Waals surface area (Å²) in [5.41, 5.74) is 1.50. The maximum Gasteiger partial charge on any atom is 0.326 e. The van der Waals surface area contributed by atoms with Crippen LogP contribution in [0, 0.1) is 0 Å². The summed E-state index contributed by atoms with van der Waals surface area (Å²) >= 11 is 0. The molecule has 0 aromatic heterocycles. The summed E-state index contributed by atoms with van der Waals surface area (Å²) in [4.78, 5) is 13.8. The van der Waals surface area contributed by atoms with E-state index in [2.05, 4.69) is 5.32 Å². The normalized spacial score (nSPS) is 12.6. The number of hydrogen-bond donors (Lipinski definition) is 1. The van der Waals surface area contributed by atoms with Crippen LogP contribution in [0.3, 0.4) is 0 Å². The molecule has 0 saturated heterocycles. The lowest BCUT2D eigenvalue weighted by molar-refractivity contribution is 0.171. The first-order valence-electron chi connectivity index (χ1n) is 6.73. The van der Waals surface area contributed by atoms with Crippen molar-refractivity contribution in [3.63, 3.8) is 0 Å². The molecule has 1 aliphatic heterocycles. The third-order valence-corrected chi connectivity index (χ3v) is 3.24. The number of hydrogen-bond acceptors (Lipinski definition) is 3. The van der Waals surface area contributed by atoms with E-state index in [1.807, 2.05) is 42.5 Å². The Labute approximate surface area is 123 Å². The quantitative estimate of drug-likeness (QED) is 0.921. The van der Waals surface area contributed by atoms with Gasteiger partial charge in [-0.2, -0.15) is 0 Å². The largest absolute Gasteiger partial charge is 0.486 e. The minimum atomic E-state index is -0.210. The van der Waals surface area contributed by atoms with Gasteiger partial charge in [-0.15, -0.1) is 0 Å². The van der Waals surface area contributed by atoms with Crippen molar-refractivity contribution in [3.05, 3.63) is 48.5 Å². The molecule has 0 aliphatic carbocycles. The number of anilines is 2. The van der Waals surface area contributed by atoms with Crippen LogP contribution in [0.5, 0.6) is 11.5 Å². The van der Waals surface area contributed by atoms with Crippen molar-refractivity contribution >= 4 is 17.4 Å². The highest BCUT2D eigenvalue weighted by Crippen LogP contribution is 2.33. The van der Waals surface area contributed by atoms with E-state index < -0.39 is 0 Å². The van der Waals surface area contributed by atoms with Crippen molar-refractivity contribution in [1.82, 2.24) is 0 Å². The van der Waals surface area contributed by atoms with Gasteiger partial charge < -0.3 is 14.8 Å². The van der Waals surface area contributed by atoms with Crippen molar-refractivity contribution < 1.29 is 14.3 Å². The molecule has 5 heteroatoms. The number of ether oxygens (including phenoxy) is 2. The molecule has 0 atom stereocenters. The molecule has 0 spiro atoms. The number of fused-ring (bicyclic) bond motifs is 1. The van der Waals surface area contributed by atoms with Gasteiger partial charge in [-0.1, -0.05) is 18.2 Å². The van der Waals surface area contributed by atoms with E-state index >= 15 is 0 Å². The van der Waals surface area contributed by atoms with E-state index in [0.717, 1.165) is 11.4 Å². The zero-order chi connectivity index (χ0) is 14.7. The van der Waals surface area contributed by atoms with Crippen LogP contribution in [0.4, 0.5) is 16.2 Å². The highest BCUT2D eigenvalue weighted by molar-refractivity contribution is 6.01. The van der Waals surface area contributed by atoms with Crippen molar-refractivity contribution in [1.29, 1.82) is 0 Å². The second-order valence-electron chi connectivity index (χ2n) is 4.68. The minimum absolute atomic E-state index is 0.210. The molecule has 0 bridgehead atoms. The molecule has 5 nitrogen and oxygen atoms in total. The van der Waals surface area contributed by atoms with E-state index in [0.29, 0.717) is 24.7 Å². The second kappa shape index (κ2) is 5.75. The number of nitrogens with zero attached hydrogens (tertiary/aromatic N) is 1. The predicted molar refractivity (Wildman–Crippen MR) is 81.3 cm³/mol. The first kappa shape index (κ1) is 13.3. The van der Waals surface area contributed by atoms with Gasteiger partial charge >= 0.3 is 6.03 Å². The smallest absolute Gasteiger partial charge is 0.326 e. The van der Waals surface area contributed by atoms with E-state index in [1.54, 1.807) is 13.1 Å². The van der Waals surface area contributed by atoms with Gasteiger partial charge in [0.1, 0.15) is 13.2 Å². The summed E-state index contributed by atoms with van der Waals surface area (Å²) in [7, 11) is 1.71. The maximum absolute atomic E-state index is 12.2. The summed E-state index contributed by atoms with van der Waals surface area (Å²) in [6, 6.07) is 14.6. The summed E-state index contributed by atoms with van der Waals surface area (Å²) in [5.74, 6) is 1.37. The van der Waals surface area contributed by atoms with Crippen LogP contribution < -0.4 is 19.7 Å². The Hall–Kier alpha value is -2.69. The number of rotatable bonds is 2. The summed E-state index contributed by atoms with van der Waals surface area (Å²) < 4.78 is 11.0. The number of nitrogens with one attached hydrogen (secondary N) is 1. The Morgan fingerprint density at radius 1 is 1.05 bits per heavy atom. The van der Waals surface area contributed by atoms with E-state index in [9.17, 15) is 4.79 Å². The Balaban J connectivity index is 1.75. The number of benzene rings is 2. The van der Waals surface area contributed by atoms with Crippen LogP contribution in [-0.4, -0.2) is 26.3 Å². The van der Waals surface area contributed by atoms with Crippen molar-refractivity contribution in [2.75, 3.05) is 30.5 Å². The molecule has 3 rings (SSSR count). The highest BCUT2D eigenvalue weighted by Gasteiger charge is 2.16. The highest BCUT2D eigenvalue weighted by atomic mass is 16.6. The number of para-hydroxylation sites is 1. The molecule has 2 amide bonds. The fourth-order valence-electron chi connectivity index (χ4n) is 2.09. The Morgan fingerprint density at radius 3 is 2.52 bits per heavy atom. The van der Waals surface area contributed by atoms with Gasteiger partial charge in [-0.3, -0.25) is 4.90 Å². The van der Waals surface area contributed by atoms with Crippen LogP contribution >= 0.6 is 0 Å². The topological polar surface area (TPSA) is 50.8 Å². The summed E-state index contributed by atoms with van der Waals surface area (Å²) in [6.07, 6.45) is 0. The van der Waals surface area contributed by atoms with Gasteiger partial charge in [0.2, 0.25) is 0 Å². The fourth-order valence-corrected chi connectivity index (χ4v) is 2.09. The van der Waals surface area contributed by atoms with E-state index in [1.165, 1.54) is 4.90 Å². The number of urea groups is 1. The molecule has 1 aliphatic rings. The SMILES string of the molecule is CN(C(=O)Nc1ccccc1)c1ccc2c(c1)OCCO2. The molecule has 1 N–H and O–H groups in total. The van der Waals surface area contributed by atoms with E-state index in [4.69, 9.17) is 9.47 Å². The lowest BCUT2D eigenvalue weighted by Crippen LogP contribution is -2.31. The van der Waals surface area contributed by atoms with Crippen LogP contribution in [-0.2, 0) is 0 Å². The van der Waals surface area contributed by atoms with Crippen LogP contribution in [0.1, 0.15) is 0 Å². The fraction of sp³-hybridized carbons (Fsp3) is 0.188. The molecular weight excluding hydrogens is 268 g/mol. The molecule has 108 valence electrons. The zero-order valence-electron chi connectivity index (χ0n) is 11.7. The molecule has 2 aromatic carbocycles. The first-order chi connectivity index (χ1) is 10.2. The van der Waals surface area contributed by atoms with Gasteiger partial charge in [0.15, 0.2) is 11.5 Å². The van der Waals surface area contributed by atoms with Crippen LogP contribution in [0.15, 0.2) is 48.5 Å². The van der Waals surface area contributed by atoms with Crippen LogP contribution in [0.25, 0.3) is 0 Å². The Kier molecular flexibility index (Phi) is 3.64. The lowest BCUT2D eigenvalue weighted by Gasteiger charge is -2.22. The van der Waals surface area contributed by atoms with Crippen molar-refractivity contribution in [3.8, 4) is 11.5 Å². The molecule has 0 unspecified atom stereocenters. The third-order valence-electron chi connectivity index (χ3n) is 3.24. The Bertz CT molecular complexity index is 643. The lowest BCUT2D eigenvalue weighted by atomic mass is 10.2. The van der Waals surface area contributed by atoms with Gasteiger partial charge in [0.05, 0.1) is 0 Å². The summed E-state index contributed by atoms with van der Waals surface area (Å²) in [6.45, 7) is 1.08. The zero-order valence-corrected chi connectivity index (χ0v) is 11.7. The predicted octanol–water partition coefficient (Wildman–Crippen LogP) is 3.13. The molecule has 0 fully saturated rings. The molecule has 1 heterocycles. The van der Waals surface area contributed by atoms with E-state index in [-0.39, 0.29) is 6.03 Å². The van der Waals surface area contributed by atoms with Crippen molar-refractivity contribution in [2.45, 2.75) is 0 Å². The average molecular weight is 284 g/mol. The third kappa shape index (κ3) is 2.91. The second-order valence-corrected chi connectivity index (χ2v) is 4.68. The Morgan fingerprint density at radius 2 is 1.76 bits per heavy atom. The monoisotopic (exact) mass is 284 g/mol. The van der Waals surface area contributed by atoms with Gasteiger partial charge in [-0.25, -0.2) is 4.79 Å². The van der Waals surface area contributed by atoms with Gasteiger partial charge in [-0.05, 0) is 24.3 Å².